The van der Waals surface area contributed by atoms with Crippen LogP contribution in [0.4, 0.5) is 10.2 Å². The minimum absolute atomic E-state index is 0.0519. The molecule has 30 heavy (non-hydrogen) atoms. The fourth-order valence-electron chi connectivity index (χ4n) is 3.63. The number of hydrogen-bond acceptors (Lipinski definition) is 5. The van der Waals surface area contributed by atoms with E-state index in [-0.39, 0.29) is 11.7 Å². The van der Waals surface area contributed by atoms with Gasteiger partial charge in [-0.2, -0.15) is 4.52 Å². The Hall–Kier alpha value is -3.81. The fourth-order valence-corrected chi connectivity index (χ4v) is 3.63. The van der Waals surface area contributed by atoms with Gasteiger partial charge in [-0.25, -0.2) is 4.39 Å². The van der Waals surface area contributed by atoms with Crippen molar-refractivity contribution in [3.05, 3.63) is 78.1 Å². The first kappa shape index (κ1) is 18.2. The maximum Gasteiger partial charge on any atom is 0.253 e. The van der Waals surface area contributed by atoms with E-state index in [0.29, 0.717) is 43.2 Å². The van der Waals surface area contributed by atoms with Gasteiger partial charge in [0.05, 0.1) is 0 Å². The van der Waals surface area contributed by atoms with Crippen molar-refractivity contribution in [2.45, 2.75) is 0 Å². The summed E-state index contributed by atoms with van der Waals surface area (Å²) in [6.07, 6.45) is 0. The standard InChI is InChI=1S/C22H19FN6O/c23-18-8-6-16(7-9-18)21-25-24-19-10-11-20(26-29(19)21)27-12-14-28(15-13-27)22(30)17-4-2-1-3-5-17/h1-11H,12-15H2. The third-order valence-corrected chi connectivity index (χ3v) is 5.26. The summed E-state index contributed by atoms with van der Waals surface area (Å²) in [5.74, 6) is 1.10. The van der Waals surface area contributed by atoms with Crippen molar-refractivity contribution in [3.63, 3.8) is 0 Å². The molecule has 4 aromatic rings. The summed E-state index contributed by atoms with van der Waals surface area (Å²) in [7, 11) is 0. The molecule has 0 N–H and O–H groups in total. The number of carbonyl (C=O) groups excluding carboxylic acids is 1. The van der Waals surface area contributed by atoms with Crippen LogP contribution in [-0.4, -0.2) is 56.8 Å². The van der Waals surface area contributed by atoms with E-state index >= 15 is 0 Å². The molecule has 0 aliphatic carbocycles. The monoisotopic (exact) mass is 402 g/mol. The average molecular weight is 402 g/mol. The van der Waals surface area contributed by atoms with E-state index in [2.05, 4.69) is 15.1 Å². The Kier molecular flexibility index (Phi) is 4.59. The lowest BCUT2D eigenvalue weighted by Crippen LogP contribution is -2.49. The van der Waals surface area contributed by atoms with E-state index in [4.69, 9.17) is 5.10 Å². The molecule has 8 heteroatoms. The molecule has 7 nitrogen and oxygen atoms in total. The maximum atomic E-state index is 13.3. The summed E-state index contributed by atoms with van der Waals surface area (Å²) >= 11 is 0. The summed E-state index contributed by atoms with van der Waals surface area (Å²) in [6, 6.07) is 19.2. The number of fused-ring (bicyclic) bond motifs is 1. The van der Waals surface area contributed by atoms with Gasteiger partial charge in [-0.15, -0.1) is 15.3 Å². The first-order valence-corrected chi connectivity index (χ1v) is 9.77. The summed E-state index contributed by atoms with van der Waals surface area (Å²) in [6.45, 7) is 2.62. The second-order valence-electron chi connectivity index (χ2n) is 7.14. The van der Waals surface area contributed by atoms with Gasteiger partial charge in [0, 0.05) is 37.3 Å². The molecule has 3 heterocycles. The van der Waals surface area contributed by atoms with Crippen molar-refractivity contribution in [3.8, 4) is 11.4 Å². The van der Waals surface area contributed by atoms with Gasteiger partial charge in [-0.3, -0.25) is 4.79 Å². The van der Waals surface area contributed by atoms with Crippen LogP contribution in [-0.2, 0) is 0 Å². The SMILES string of the molecule is O=C(c1ccccc1)N1CCN(c2ccc3nnc(-c4ccc(F)cc4)n3n2)CC1. The number of amides is 1. The molecule has 0 spiro atoms. The van der Waals surface area contributed by atoms with Gasteiger partial charge in [0.15, 0.2) is 11.5 Å². The summed E-state index contributed by atoms with van der Waals surface area (Å²) < 4.78 is 14.9. The van der Waals surface area contributed by atoms with Crippen molar-refractivity contribution in [1.29, 1.82) is 0 Å². The van der Waals surface area contributed by atoms with E-state index in [9.17, 15) is 9.18 Å². The Labute approximate surface area is 172 Å². The predicted octanol–water partition coefficient (Wildman–Crippen LogP) is 2.89. The molecule has 0 radical (unpaired) electrons. The van der Waals surface area contributed by atoms with Gasteiger partial charge < -0.3 is 9.80 Å². The first-order valence-electron chi connectivity index (χ1n) is 9.77. The van der Waals surface area contributed by atoms with Gasteiger partial charge in [0.2, 0.25) is 0 Å². The van der Waals surface area contributed by atoms with Crippen molar-refractivity contribution < 1.29 is 9.18 Å². The van der Waals surface area contributed by atoms with Crippen LogP contribution in [0.2, 0.25) is 0 Å². The number of rotatable bonds is 3. The van der Waals surface area contributed by atoms with Gasteiger partial charge in [-0.1, -0.05) is 18.2 Å². The highest BCUT2D eigenvalue weighted by molar-refractivity contribution is 5.94. The van der Waals surface area contributed by atoms with Crippen molar-refractivity contribution in [1.82, 2.24) is 24.7 Å². The van der Waals surface area contributed by atoms with Crippen LogP contribution in [0, 0.1) is 5.82 Å². The molecular formula is C22H19FN6O. The number of benzene rings is 2. The third-order valence-electron chi connectivity index (χ3n) is 5.26. The average Bonchev–Trinajstić information content (AvgIpc) is 3.23. The Morgan fingerprint density at radius 1 is 0.833 bits per heavy atom. The van der Waals surface area contributed by atoms with Crippen LogP contribution in [0.5, 0.6) is 0 Å². The molecule has 1 aliphatic heterocycles. The number of halogens is 1. The second kappa shape index (κ2) is 7.55. The zero-order valence-corrected chi connectivity index (χ0v) is 16.1. The molecule has 1 aliphatic rings. The highest BCUT2D eigenvalue weighted by Gasteiger charge is 2.23. The topological polar surface area (TPSA) is 66.6 Å². The third kappa shape index (κ3) is 3.36. The highest BCUT2D eigenvalue weighted by atomic mass is 19.1. The number of aromatic nitrogens is 4. The lowest BCUT2D eigenvalue weighted by molar-refractivity contribution is 0.0746. The molecule has 0 saturated carbocycles. The lowest BCUT2D eigenvalue weighted by Gasteiger charge is -2.35. The van der Waals surface area contributed by atoms with Crippen LogP contribution in [0.1, 0.15) is 10.4 Å². The Bertz CT molecular complexity index is 1180. The second-order valence-corrected chi connectivity index (χ2v) is 7.14. The number of piperazine rings is 1. The summed E-state index contributed by atoms with van der Waals surface area (Å²) in [5, 5.41) is 13.1. The molecule has 1 amide bonds. The number of carbonyl (C=O) groups is 1. The van der Waals surface area contributed by atoms with Crippen molar-refractivity contribution in [2.75, 3.05) is 31.1 Å². The first-order chi connectivity index (χ1) is 14.7. The van der Waals surface area contributed by atoms with Gasteiger partial charge in [-0.05, 0) is 48.5 Å². The largest absolute Gasteiger partial charge is 0.352 e. The number of hydrogen-bond donors (Lipinski definition) is 0. The molecule has 2 aromatic heterocycles. The molecule has 5 rings (SSSR count). The molecule has 2 aromatic carbocycles. The molecule has 0 atom stereocenters. The van der Waals surface area contributed by atoms with Crippen molar-refractivity contribution in [2.24, 2.45) is 0 Å². The van der Waals surface area contributed by atoms with E-state index < -0.39 is 0 Å². The lowest BCUT2D eigenvalue weighted by atomic mass is 10.2. The Morgan fingerprint density at radius 2 is 1.57 bits per heavy atom. The normalized spacial score (nSPS) is 14.3. The smallest absolute Gasteiger partial charge is 0.253 e. The van der Waals surface area contributed by atoms with Crippen LogP contribution >= 0.6 is 0 Å². The highest BCUT2D eigenvalue weighted by Crippen LogP contribution is 2.21. The zero-order chi connectivity index (χ0) is 20.5. The molecular weight excluding hydrogens is 383 g/mol. The molecule has 0 unspecified atom stereocenters. The van der Waals surface area contributed by atoms with Gasteiger partial charge >= 0.3 is 0 Å². The summed E-state index contributed by atoms with van der Waals surface area (Å²) in [5.41, 5.74) is 2.07. The van der Waals surface area contributed by atoms with E-state index in [1.54, 1.807) is 16.6 Å². The van der Waals surface area contributed by atoms with Crippen LogP contribution in [0.15, 0.2) is 66.7 Å². The molecule has 1 fully saturated rings. The summed E-state index contributed by atoms with van der Waals surface area (Å²) in [4.78, 5) is 16.7. The molecule has 0 bridgehead atoms. The molecule has 150 valence electrons. The van der Waals surface area contributed by atoms with E-state index in [1.165, 1.54) is 12.1 Å². The minimum atomic E-state index is -0.302. The Morgan fingerprint density at radius 3 is 2.30 bits per heavy atom. The predicted molar refractivity (Wildman–Crippen MR) is 111 cm³/mol. The fraction of sp³-hybridized carbons (Fsp3) is 0.182. The maximum absolute atomic E-state index is 13.3. The number of anilines is 1. The van der Waals surface area contributed by atoms with E-state index in [1.807, 2.05) is 47.4 Å². The van der Waals surface area contributed by atoms with Crippen LogP contribution in [0.3, 0.4) is 0 Å². The minimum Gasteiger partial charge on any atom is -0.352 e. The van der Waals surface area contributed by atoms with Crippen LogP contribution < -0.4 is 4.90 Å². The van der Waals surface area contributed by atoms with Gasteiger partial charge in [0.1, 0.15) is 11.6 Å². The quantitative estimate of drug-likeness (QED) is 0.527. The van der Waals surface area contributed by atoms with Crippen LogP contribution in [0.25, 0.3) is 17.0 Å². The van der Waals surface area contributed by atoms with Gasteiger partial charge in [0.25, 0.3) is 5.91 Å². The molecule has 1 saturated heterocycles. The van der Waals surface area contributed by atoms with E-state index in [0.717, 1.165) is 11.4 Å². The Balaban J connectivity index is 1.35. The van der Waals surface area contributed by atoms with Crippen molar-refractivity contribution >= 4 is 17.4 Å². The number of nitrogens with zero attached hydrogens (tertiary/aromatic N) is 6. The zero-order valence-electron chi connectivity index (χ0n) is 16.1.